The van der Waals surface area contributed by atoms with Crippen molar-refractivity contribution in [1.82, 2.24) is 9.97 Å². The molecular formula is C17H18FN3O3. The van der Waals surface area contributed by atoms with Crippen molar-refractivity contribution in [2.45, 2.75) is 32.5 Å². The standard InChI is InChI=1S/C17H18FN3O3/c1-9(2)13-14(20-17(23)21-16(13)24-3)15(22)12-5-10(7-18)4-11(6-12)8-19/h4-6,9,15,22H,7H2,1-3H3,(H,20,21,23). The molecular weight excluding hydrogens is 313 g/mol. The van der Waals surface area contributed by atoms with E-state index in [0.29, 0.717) is 11.1 Å². The van der Waals surface area contributed by atoms with Crippen molar-refractivity contribution >= 4 is 0 Å². The summed E-state index contributed by atoms with van der Waals surface area (Å²) in [7, 11) is 1.39. The number of alkyl halides is 1. The van der Waals surface area contributed by atoms with Crippen LogP contribution in [0, 0.1) is 11.3 Å². The average molecular weight is 331 g/mol. The predicted octanol–water partition coefficient (Wildman–Crippen LogP) is 2.32. The summed E-state index contributed by atoms with van der Waals surface area (Å²) in [5.41, 5.74) is 0.932. The van der Waals surface area contributed by atoms with E-state index in [1.54, 1.807) is 0 Å². The molecule has 0 saturated carbocycles. The van der Waals surface area contributed by atoms with E-state index in [-0.39, 0.29) is 28.6 Å². The highest BCUT2D eigenvalue weighted by molar-refractivity contribution is 5.43. The lowest BCUT2D eigenvalue weighted by atomic mass is 9.94. The maximum atomic E-state index is 13.0. The van der Waals surface area contributed by atoms with Crippen molar-refractivity contribution in [3.63, 3.8) is 0 Å². The number of rotatable bonds is 5. The fourth-order valence-corrected chi connectivity index (χ4v) is 2.59. The first-order chi connectivity index (χ1) is 11.4. The molecule has 2 N–H and O–H groups in total. The maximum absolute atomic E-state index is 13.0. The van der Waals surface area contributed by atoms with Gasteiger partial charge in [-0.25, -0.2) is 9.18 Å². The fraction of sp³-hybridized carbons (Fsp3) is 0.353. The smallest absolute Gasteiger partial charge is 0.348 e. The van der Waals surface area contributed by atoms with Gasteiger partial charge in [0.2, 0.25) is 5.88 Å². The van der Waals surface area contributed by atoms with E-state index < -0.39 is 18.5 Å². The lowest BCUT2D eigenvalue weighted by Gasteiger charge is -2.20. The SMILES string of the molecule is COc1nc(=O)[nH]c(C(O)c2cc(C#N)cc(CF)c2)c1C(C)C. The van der Waals surface area contributed by atoms with Crippen molar-refractivity contribution < 1.29 is 14.2 Å². The van der Waals surface area contributed by atoms with Gasteiger partial charge in [-0.3, -0.25) is 0 Å². The number of aliphatic hydroxyl groups excluding tert-OH is 1. The molecule has 0 fully saturated rings. The van der Waals surface area contributed by atoms with Gasteiger partial charge in [0.15, 0.2) is 0 Å². The number of nitriles is 1. The zero-order chi connectivity index (χ0) is 17.9. The van der Waals surface area contributed by atoms with E-state index in [4.69, 9.17) is 10.00 Å². The molecule has 1 unspecified atom stereocenters. The maximum Gasteiger partial charge on any atom is 0.348 e. The monoisotopic (exact) mass is 331 g/mol. The topological polar surface area (TPSA) is 99.0 Å². The van der Waals surface area contributed by atoms with Gasteiger partial charge >= 0.3 is 5.69 Å². The highest BCUT2D eigenvalue weighted by Crippen LogP contribution is 2.32. The van der Waals surface area contributed by atoms with Gasteiger partial charge in [-0.05, 0) is 29.2 Å². The first-order valence-electron chi connectivity index (χ1n) is 7.37. The van der Waals surface area contributed by atoms with Crippen LogP contribution >= 0.6 is 0 Å². The number of methoxy groups -OCH3 is 1. The van der Waals surface area contributed by atoms with Gasteiger partial charge in [0.1, 0.15) is 12.8 Å². The van der Waals surface area contributed by atoms with Crippen LogP contribution in [-0.2, 0) is 6.67 Å². The van der Waals surface area contributed by atoms with Crippen LogP contribution in [0.2, 0.25) is 0 Å². The van der Waals surface area contributed by atoms with E-state index in [0.717, 1.165) is 0 Å². The highest BCUT2D eigenvalue weighted by atomic mass is 19.1. The largest absolute Gasteiger partial charge is 0.481 e. The molecule has 1 atom stereocenters. The second-order valence-electron chi connectivity index (χ2n) is 5.64. The van der Waals surface area contributed by atoms with Crippen molar-refractivity contribution in [2.75, 3.05) is 7.11 Å². The Morgan fingerprint density at radius 2 is 2.12 bits per heavy atom. The fourth-order valence-electron chi connectivity index (χ4n) is 2.59. The molecule has 0 saturated heterocycles. The molecule has 2 rings (SSSR count). The van der Waals surface area contributed by atoms with E-state index in [1.165, 1.54) is 25.3 Å². The third kappa shape index (κ3) is 3.44. The minimum atomic E-state index is -1.24. The summed E-state index contributed by atoms with van der Waals surface area (Å²) < 4.78 is 18.1. The van der Waals surface area contributed by atoms with Crippen LogP contribution < -0.4 is 10.4 Å². The minimum absolute atomic E-state index is 0.0891. The summed E-state index contributed by atoms with van der Waals surface area (Å²) in [4.78, 5) is 18.0. The van der Waals surface area contributed by atoms with Gasteiger partial charge in [-0.1, -0.05) is 19.9 Å². The minimum Gasteiger partial charge on any atom is -0.481 e. The number of aromatic amines is 1. The predicted molar refractivity (Wildman–Crippen MR) is 85.5 cm³/mol. The molecule has 2 aromatic rings. The van der Waals surface area contributed by atoms with Gasteiger partial charge in [-0.15, -0.1) is 0 Å². The lowest BCUT2D eigenvalue weighted by molar-refractivity contribution is 0.211. The Bertz CT molecular complexity index is 840. The van der Waals surface area contributed by atoms with Gasteiger partial charge in [0.25, 0.3) is 0 Å². The Morgan fingerprint density at radius 3 is 2.67 bits per heavy atom. The summed E-state index contributed by atoms with van der Waals surface area (Å²) in [5.74, 6) is 0.0405. The van der Waals surface area contributed by atoms with Gasteiger partial charge < -0.3 is 14.8 Å². The molecule has 0 bridgehead atoms. The molecule has 7 heteroatoms. The van der Waals surface area contributed by atoms with Crippen LogP contribution in [0.1, 0.15) is 53.8 Å². The van der Waals surface area contributed by atoms with Gasteiger partial charge in [-0.2, -0.15) is 10.2 Å². The number of hydrogen-bond acceptors (Lipinski definition) is 5. The summed E-state index contributed by atoms with van der Waals surface area (Å²) >= 11 is 0. The van der Waals surface area contributed by atoms with Crippen molar-refractivity contribution in [3.8, 4) is 11.9 Å². The summed E-state index contributed by atoms with van der Waals surface area (Å²) in [5, 5.41) is 19.8. The summed E-state index contributed by atoms with van der Waals surface area (Å²) in [6.45, 7) is 2.97. The number of H-pyrrole nitrogens is 1. The van der Waals surface area contributed by atoms with Crippen molar-refractivity contribution in [1.29, 1.82) is 5.26 Å². The summed E-state index contributed by atoms with van der Waals surface area (Å²) in [6.07, 6.45) is -1.24. The third-order valence-electron chi connectivity index (χ3n) is 3.62. The molecule has 1 heterocycles. The first-order valence-corrected chi connectivity index (χ1v) is 7.37. The summed E-state index contributed by atoms with van der Waals surface area (Å²) in [6, 6.07) is 6.26. The molecule has 0 aliphatic carbocycles. The number of benzene rings is 1. The molecule has 0 radical (unpaired) electrons. The van der Waals surface area contributed by atoms with Crippen LogP contribution in [0.4, 0.5) is 4.39 Å². The number of halogens is 1. The molecule has 0 aliphatic rings. The Hall–Kier alpha value is -2.72. The van der Waals surface area contributed by atoms with Gasteiger partial charge in [0.05, 0.1) is 24.4 Å². The Kier molecular flexibility index (Phi) is 5.31. The molecule has 6 nitrogen and oxygen atoms in total. The van der Waals surface area contributed by atoms with Crippen molar-refractivity contribution in [3.05, 3.63) is 56.6 Å². The average Bonchev–Trinajstić information content (AvgIpc) is 2.59. The molecule has 1 aromatic heterocycles. The van der Waals surface area contributed by atoms with Gasteiger partial charge in [0, 0.05) is 5.56 Å². The quantitative estimate of drug-likeness (QED) is 0.876. The first kappa shape index (κ1) is 17.6. The second kappa shape index (κ2) is 7.23. The zero-order valence-corrected chi connectivity index (χ0v) is 13.6. The van der Waals surface area contributed by atoms with Crippen LogP contribution in [0.5, 0.6) is 5.88 Å². The Morgan fingerprint density at radius 1 is 1.42 bits per heavy atom. The molecule has 0 spiro atoms. The third-order valence-corrected chi connectivity index (χ3v) is 3.62. The molecule has 126 valence electrons. The van der Waals surface area contributed by atoms with Crippen molar-refractivity contribution in [2.24, 2.45) is 0 Å². The zero-order valence-electron chi connectivity index (χ0n) is 13.6. The number of ether oxygens (including phenoxy) is 1. The molecule has 0 amide bonds. The highest BCUT2D eigenvalue weighted by Gasteiger charge is 2.23. The number of hydrogen-bond donors (Lipinski definition) is 2. The number of aromatic nitrogens is 2. The number of nitrogens with one attached hydrogen (secondary N) is 1. The lowest BCUT2D eigenvalue weighted by Crippen LogP contribution is -2.20. The van der Waals surface area contributed by atoms with E-state index in [2.05, 4.69) is 9.97 Å². The van der Waals surface area contributed by atoms with E-state index in [9.17, 15) is 14.3 Å². The molecule has 0 aliphatic heterocycles. The molecule has 24 heavy (non-hydrogen) atoms. The normalized spacial score (nSPS) is 12.0. The van der Waals surface area contributed by atoms with Crippen LogP contribution in [0.25, 0.3) is 0 Å². The van der Waals surface area contributed by atoms with E-state index in [1.807, 2.05) is 19.9 Å². The van der Waals surface area contributed by atoms with Crippen LogP contribution in [0.15, 0.2) is 23.0 Å². The number of aliphatic hydroxyl groups is 1. The second-order valence-corrected chi connectivity index (χ2v) is 5.64. The number of nitrogens with zero attached hydrogens (tertiary/aromatic N) is 2. The van der Waals surface area contributed by atoms with Crippen LogP contribution in [0.3, 0.4) is 0 Å². The Labute approximate surface area is 138 Å². The Balaban J connectivity index is 2.66. The van der Waals surface area contributed by atoms with E-state index >= 15 is 0 Å². The van der Waals surface area contributed by atoms with Crippen LogP contribution in [-0.4, -0.2) is 22.2 Å². The molecule has 1 aromatic carbocycles.